The first-order valence-electron chi connectivity index (χ1n) is 10.9. The van der Waals surface area contributed by atoms with E-state index in [4.69, 9.17) is 0 Å². The summed E-state index contributed by atoms with van der Waals surface area (Å²) in [4.78, 5) is 41.9. The first kappa shape index (κ1) is 22.1. The number of hydrogen-bond acceptors (Lipinski definition) is 5. The van der Waals surface area contributed by atoms with Gasteiger partial charge in [0, 0.05) is 38.2 Å². The fourth-order valence-corrected chi connectivity index (χ4v) is 4.21. The predicted molar refractivity (Wildman–Crippen MR) is 116 cm³/mol. The van der Waals surface area contributed by atoms with E-state index in [1.54, 1.807) is 17.9 Å². The van der Waals surface area contributed by atoms with E-state index in [1.165, 1.54) is 0 Å². The number of benzene rings is 1. The van der Waals surface area contributed by atoms with Crippen LogP contribution in [0.1, 0.15) is 50.4 Å². The lowest BCUT2D eigenvalue weighted by atomic mass is 9.95. The maximum atomic E-state index is 12.8. The van der Waals surface area contributed by atoms with Crippen LogP contribution in [0.3, 0.4) is 0 Å². The summed E-state index contributed by atoms with van der Waals surface area (Å²) in [6.07, 6.45) is 1.29. The van der Waals surface area contributed by atoms with Crippen molar-refractivity contribution < 1.29 is 14.4 Å². The number of fused-ring (bicyclic) bond motifs is 1. The molecule has 0 bridgehead atoms. The minimum absolute atomic E-state index is 0.0619. The fraction of sp³-hybridized carbons (Fsp3) is 0.591. The van der Waals surface area contributed by atoms with Crippen molar-refractivity contribution in [2.45, 2.75) is 51.7 Å². The van der Waals surface area contributed by atoms with Crippen LogP contribution in [0.25, 0.3) is 0 Å². The van der Waals surface area contributed by atoms with E-state index in [1.807, 2.05) is 18.2 Å². The van der Waals surface area contributed by atoms with Crippen molar-refractivity contribution >= 4 is 23.4 Å². The van der Waals surface area contributed by atoms with Crippen molar-refractivity contribution in [1.29, 1.82) is 0 Å². The SMILES string of the molecule is CCN(CC)CCNC(=O)C(C)N1CCC2(CCC1=O)NC(=O)c1ccccc1N2. The van der Waals surface area contributed by atoms with Crippen LogP contribution in [0.4, 0.5) is 5.69 Å². The van der Waals surface area contributed by atoms with Gasteiger partial charge in [0.2, 0.25) is 11.8 Å². The number of hydrogen-bond donors (Lipinski definition) is 3. The molecule has 2 unspecified atom stereocenters. The van der Waals surface area contributed by atoms with Gasteiger partial charge in [-0.2, -0.15) is 0 Å². The van der Waals surface area contributed by atoms with Gasteiger partial charge < -0.3 is 25.8 Å². The Balaban J connectivity index is 1.62. The molecule has 164 valence electrons. The van der Waals surface area contributed by atoms with Gasteiger partial charge in [0.25, 0.3) is 5.91 Å². The van der Waals surface area contributed by atoms with E-state index < -0.39 is 11.7 Å². The summed E-state index contributed by atoms with van der Waals surface area (Å²) in [6, 6.07) is 6.83. The summed E-state index contributed by atoms with van der Waals surface area (Å²) in [5.74, 6) is -0.335. The topological polar surface area (TPSA) is 93.8 Å². The number of para-hydroxylation sites is 1. The number of rotatable bonds is 7. The number of likely N-dealkylation sites (N-methyl/N-ethyl adjacent to an activating group) is 1. The van der Waals surface area contributed by atoms with Crippen molar-refractivity contribution in [3.63, 3.8) is 0 Å². The lowest BCUT2D eigenvalue weighted by Crippen LogP contribution is -2.58. The van der Waals surface area contributed by atoms with Gasteiger partial charge >= 0.3 is 0 Å². The van der Waals surface area contributed by atoms with Gasteiger partial charge in [-0.15, -0.1) is 0 Å². The molecule has 1 aromatic carbocycles. The molecule has 30 heavy (non-hydrogen) atoms. The Morgan fingerprint density at radius 3 is 2.67 bits per heavy atom. The van der Waals surface area contributed by atoms with E-state index in [9.17, 15) is 14.4 Å². The molecule has 8 nitrogen and oxygen atoms in total. The summed E-state index contributed by atoms with van der Waals surface area (Å²) >= 11 is 0. The molecule has 0 aromatic heterocycles. The third-order valence-electron chi connectivity index (χ3n) is 6.23. The second-order valence-electron chi connectivity index (χ2n) is 8.04. The number of amides is 3. The maximum Gasteiger partial charge on any atom is 0.255 e. The number of carbonyl (C=O) groups is 3. The normalized spacial score (nSPS) is 22.2. The first-order valence-corrected chi connectivity index (χ1v) is 10.9. The number of likely N-dealkylation sites (tertiary alicyclic amines) is 1. The molecule has 3 N–H and O–H groups in total. The smallest absolute Gasteiger partial charge is 0.255 e. The highest BCUT2D eigenvalue weighted by atomic mass is 16.2. The largest absolute Gasteiger partial charge is 0.362 e. The maximum absolute atomic E-state index is 12.8. The van der Waals surface area contributed by atoms with Crippen LogP contribution < -0.4 is 16.0 Å². The van der Waals surface area contributed by atoms with Crippen LogP contribution in [0.15, 0.2) is 24.3 Å². The molecule has 2 aliphatic rings. The zero-order valence-corrected chi connectivity index (χ0v) is 18.2. The minimum atomic E-state index is -0.672. The molecule has 1 fully saturated rings. The second kappa shape index (κ2) is 9.47. The highest BCUT2D eigenvalue weighted by Crippen LogP contribution is 2.31. The Morgan fingerprint density at radius 1 is 1.20 bits per heavy atom. The van der Waals surface area contributed by atoms with E-state index in [0.717, 1.165) is 25.3 Å². The zero-order chi connectivity index (χ0) is 21.7. The summed E-state index contributed by atoms with van der Waals surface area (Å²) < 4.78 is 0. The van der Waals surface area contributed by atoms with Gasteiger partial charge in [-0.3, -0.25) is 14.4 Å². The average molecular weight is 416 g/mol. The van der Waals surface area contributed by atoms with Crippen LogP contribution in [-0.2, 0) is 9.59 Å². The van der Waals surface area contributed by atoms with Crippen molar-refractivity contribution in [3.8, 4) is 0 Å². The van der Waals surface area contributed by atoms with Gasteiger partial charge in [0.1, 0.15) is 11.7 Å². The van der Waals surface area contributed by atoms with E-state index in [-0.39, 0.29) is 24.1 Å². The number of anilines is 1. The van der Waals surface area contributed by atoms with Gasteiger partial charge in [-0.05, 0) is 38.6 Å². The molecule has 0 aliphatic carbocycles. The first-order chi connectivity index (χ1) is 14.4. The standard InChI is InChI=1S/C22H33N5O3/c1-4-26(5-2)15-13-23-20(29)16(3)27-14-12-22(11-10-19(27)28)24-18-9-7-6-8-17(18)21(30)25-22/h6-9,16,24H,4-5,10-15H2,1-3H3,(H,23,29)(H,25,30). The molecular weight excluding hydrogens is 382 g/mol. The number of nitrogens with one attached hydrogen (secondary N) is 3. The van der Waals surface area contributed by atoms with Gasteiger partial charge in [0.05, 0.1) is 5.56 Å². The zero-order valence-electron chi connectivity index (χ0n) is 18.2. The molecule has 2 aliphatic heterocycles. The molecule has 1 aromatic rings. The highest BCUT2D eigenvalue weighted by Gasteiger charge is 2.41. The number of carbonyl (C=O) groups excluding carboxylic acids is 3. The molecule has 0 radical (unpaired) electrons. The lowest BCUT2D eigenvalue weighted by Gasteiger charge is -2.40. The van der Waals surface area contributed by atoms with Crippen molar-refractivity contribution in [2.24, 2.45) is 0 Å². The Kier molecular flexibility index (Phi) is 6.97. The fourth-order valence-electron chi connectivity index (χ4n) is 4.21. The molecule has 3 rings (SSSR count). The summed E-state index contributed by atoms with van der Waals surface area (Å²) in [5, 5.41) is 9.45. The van der Waals surface area contributed by atoms with Crippen LogP contribution >= 0.6 is 0 Å². The van der Waals surface area contributed by atoms with Gasteiger partial charge in [-0.25, -0.2) is 0 Å². The van der Waals surface area contributed by atoms with Crippen molar-refractivity contribution in [2.75, 3.05) is 38.0 Å². The molecule has 3 amide bonds. The van der Waals surface area contributed by atoms with Crippen LogP contribution in [0, 0.1) is 0 Å². The quantitative estimate of drug-likeness (QED) is 0.626. The van der Waals surface area contributed by atoms with Gasteiger partial charge in [0.15, 0.2) is 0 Å². The minimum Gasteiger partial charge on any atom is -0.362 e. The summed E-state index contributed by atoms with van der Waals surface area (Å²) in [5.41, 5.74) is 0.718. The van der Waals surface area contributed by atoms with E-state index in [2.05, 4.69) is 34.7 Å². The van der Waals surface area contributed by atoms with Crippen LogP contribution in [-0.4, -0.2) is 71.9 Å². The molecular formula is C22H33N5O3. The molecule has 2 atom stereocenters. The third kappa shape index (κ3) is 4.75. The molecule has 1 spiro atoms. The Hall–Kier alpha value is -2.61. The van der Waals surface area contributed by atoms with Crippen LogP contribution in [0.5, 0.6) is 0 Å². The monoisotopic (exact) mass is 415 g/mol. The summed E-state index contributed by atoms with van der Waals surface area (Å²) in [7, 11) is 0. The Morgan fingerprint density at radius 2 is 1.93 bits per heavy atom. The van der Waals surface area contributed by atoms with E-state index in [0.29, 0.717) is 31.5 Å². The van der Waals surface area contributed by atoms with Gasteiger partial charge in [-0.1, -0.05) is 26.0 Å². The Bertz CT molecular complexity index is 795. The van der Waals surface area contributed by atoms with Crippen molar-refractivity contribution in [1.82, 2.24) is 20.4 Å². The average Bonchev–Trinajstić information content (AvgIpc) is 2.89. The third-order valence-corrected chi connectivity index (χ3v) is 6.23. The Labute approximate surface area is 178 Å². The molecule has 0 saturated carbocycles. The lowest BCUT2D eigenvalue weighted by molar-refractivity contribution is -0.139. The predicted octanol–water partition coefficient (Wildman–Crippen LogP) is 1.40. The summed E-state index contributed by atoms with van der Waals surface area (Å²) in [6.45, 7) is 9.59. The molecule has 1 saturated heterocycles. The highest BCUT2D eigenvalue weighted by molar-refractivity contribution is 6.02. The van der Waals surface area contributed by atoms with Crippen molar-refractivity contribution in [3.05, 3.63) is 29.8 Å². The van der Waals surface area contributed by atoms with E-state index >= 15 is 0 Å². The molecule has 8 heteroatoms. The second-order valence-corrected chi connectivity index (χ2v) is 8.04. The molecule has 2 heterocycles. The van der Waals surface area contributed by atoms with Crippen LogP contribution in [0.2, 0.25) is 0 Å². The number of nitrogens with zero attached hydrogens (tertiary/aromatic N) is 2.